The van der Waals surface area contributed by atoms with E-state index in [1.54, 1.807) is 31.5 Å². The third-order valence-corrected chi connectivity index (χ3v) is 5.41. The molecule has 5 aromatic rings. The third kappa shape index (κ3) is 4.28. The molecule has 5 rings (SSSR count). The fourth-order valence-corrected chi connectivity index (χ4v) is 3.81. The van der Waals surface area contributed by atoms with Gasteiger partial charge in [0.1, 0.15) is 16.6 Å². The van der Waals surface area contributed by atoms with Crippen LogP contribution in [0.1, 0.15) is 18.9 Å². The summed E-state index contributed by atoms with van der Waals surface area (Å²) in [6, 6.07) is 17.2. The molecule has 0 aliphatic rings. The molecule has 0 N–H and O–H groups in total. The number of fused-ring (bicyclic) bond motifs is 1. The van der Waals surface area contributed by atoms with Crippen LogP contribution in [-0.2, 0) is 0 Å². The molecular formula is C23H16FN5O2S. The Morgan fingerprint density at radius 1 is 0.969 bits per heavy atom. The highest BCUT2D eigenvalue weighted by atomic mass is 32.2. The first kappa shape index (κ1) is 20.1. The molecule has 0 aliphatic heterocycles. The Morgan fingerprint density at radius 2 is 1.81 bits per heavy atom. The lowest BCUT2D eigenvalue weighted by atomic mass is 10.2. The maximum Gasteiger partial charge on any atom is 0.283 e. The van der Waals surface area contributed by atoms with E-state index in [1.165, 1.54) is 23.9 Å². The van der Waals surface area contributed by atoms with Crippen LogP contribution < -0.4 is 4.74 Å². The van der Waals surface area contributed by atoms with E-state index in [2.05, 4.69) is 20.2 Å². The first-order valence-electron chi connectivity index (χ1n) is 9.76. The van der Waals surface area contributed by atoms with Crippen LogP contribution in [0.3, 0.4) is 0 Å². The first-order valence-corrected chi connectivity index (χ1v) is 10.6. The van der Waals surface area contributed by atoms with Crippen molar-refractivity contribution >= 4 is 22.7 Å². The molecule has 0 radical (unpaired) electrons. The van der Waals surface area contributed by atoms with Gasteiger partial charge in [0.15, 0.2) is 11.9 Å². The molecule has 0 aliphatic carbocycles. The van der Waals surface area contributed by atoms with Gasteiger partial charge < -0.3 is 9.15 Å². The fourth-order valence-electron chi connectivity index (χ4n) is 3.03. The summed E-state index contributed by atoms with van der Waals surface area (Å²) in [7, 11) is 0. The van der Waals surface area contributed by atoms with Crippen LogP contribution in [0.5, 0.6) is 5.75 Å². The SMILES string of the molecule is C[C@@H](Oc1ccc(F)cc1)c1nnc(Sc2nc(-c3cccnc3)nc3ccccc23)o1. The average Bonchev–Trinajstić information content (AvgIpc) is 3.30. The van der Waals surface area contributed by atoms with Crippen molar-refractivity contribution in [2.24, 2.45) is 0 Å². The van der Waals surface area contributed by atoms with Gasteiger partial charge >= 0.3 is 0 Å². The smallest absolute Gasteiger partial charge is 0.283 e. The number of para-hydroxylation sites is 1. The van der Waals surface area contributed by atoms with Crippen LogP contribution in [0, 0.1) is 5.82 Å². The summed E-state index contributed by atoms with van der Waals surface area (Å²) in [6.07, 6.45) is 2.92. The van der Waals surface area contributed by atoms with Crippen molar-refractivity contribution in [3.05, 3.63) is 84.8 Å². The van der Waals surface area contributed by atoms with Crippen molar-refractivity contribution in [2.75, 3.05) is 0 Å². The summed E-state index contributed by atoms with van der Waals surface area (Å²) in [5, 5.41) is 10.1. The van der Waals surface area contributed by atoms with Gasteiger partial charge in [-0.15, -0.1) is 10.2 Å². The number of benzene rings is 2. The molecule has 0 fully saturated rings. The van der Waals surface area contributed by atoms with Gasteiger partial charge in [-0.1, -0.05) is 18.2 Å². The lowest BCUT2D eigenvalue weighted by molar-refractivity contribution is 0.181. The van der Waals surface area contributed by atoms with Crippen LogP contribution in [0.15, 0.2) is 87.7 Å². The van der Waals surface area contributed by atoms with Gasteiger partial charge in [0.25, 0.3) is 11.1 Å². The zero-order chi connectivity index (χ0) is 21.9. The highest BCUT2D eigenvalue weighted by Crippen LogP contribution is 2.33. The number of halogens is 1. The second-order valence-corrected chi connectivity index (χ2v) is 7.77. The van der Waals surface area contributed by atoms with Crippen LogP contribution >= 0.6 is 11.8 Å². The molecule has 1 atom stereocenters. The second-order valence-electron chi connectivity index (χ2n) is 6.83. The summed E-state index contributed by atoms with van der Waals surface area (Å²) in [6.45, 7) is 1.78. The number of aromatic nitrogens is 5. The monoisotopic (exact) mass is 445 g/mol. The molecular weight excluding hydrogens is 429 g/mol. The van der Waals surface area contributed by atoms with E-state index in [0.717, 1.165) is 16.5 Å². The Kier molecular flexibility index (Phi) is 5.47. The lowest BCUT2D eigenvalue weighted by Gasteiger charge is -2.10. The molecule has 0 saturated carbocycles. The van der Waals surface area contributed by atoms with Gasteiger partial charge in [0.2, 0.25) is 0 Å². The highest BCUT2D eigenvalue weighted by Gasteiger charge is 2.19. The molecule has 0 bridgehead atoms. The zero-order valence-electron chi connectivity index (χ0n) is 16.8. The van der Waals surface area contributed by atoms with Gasteiger partial charge in [-0.2, -0.15) is 0 Å². The van der Waals surface area contributed by atoms with Gasteiger partial charge in [-0.25, -0.2) is 14.4 Å². The van der Waals surface area contributed by atoms with Gasteiger partial charge in [-0.3, -0.25) is 4.98 Å². The minimum Gasteiger partial charge on any atom is -0.481 e. The summed E-state index contributed by atoms with van der Waals surface area (Å²) in [5.74, 6) is 1.05. The molecule has 3 heterocycles. The minimum atomic E-state index is -0.504. The molecule has 0 spiro atoms. The van der Waals surface area contributed by atoms with Crippen LogP contribution in [0.25, 0.3) is 22.3 Å². The van der Waals surface area contributed by atoms with E-state index < -0.39 is 6.10 Å². The third-order valence-electron chi connectivity index (χ3n) is 4.57. The largest absolute Gasteiger partial charge is 0.481 e. The molecule has 158 valence electrons. The first-order chi connectivity index (χ1) is 15.7. The number of hydrogen-bond donors (Lipinski definition) is 0. The highest BCUT2D eigenvalue weighted by molar-refractivity contribution is 7.99. The van der Waals surface area contributed by atoms with Crippen molar-refractivity contribution in [2.45, 2.75) is 23.3 Å². The minimum absolute atomic E-state index is 0.308. The standard InChI is InChI=1S/C23H16FN5O2S/c1-14(30-17-10-8-16(24)9-11-17)21-28-29-23(31-21)32-22-18-6-2-3-7-19(18)26-20(27-22)15-5-4-12-25-13-15/h2-14H,1H3/t14-/m1/s1. The predicted molar refractivity (Wildman–Crippen MR) is 117 cm³/mol. The topological polar surface area (TPSA) is 86.8 Å². The molecule has 9 heteroatoms. The maximum absolute atomic E-state index is 13.1. The van der Waals surface area contributed by atoms with E-state index in [9.17, 15) is 4.39 Å². The van der Waals surface area contributed by atoms with Gasteiger partial charge in [-0.05, 0) is 61.2 Å². The van der Waals surface area contributed by atoms with Crippen molar-refractivity contribution in [1.29, 1.82) is 0 Å². The van der Waals surface area contributed by atoms with Crippen molar-refractivity contribution < 1.29 is 13.5 Å². The average molecular weight is 445 g/mol. The van der Waals surface area contributed by atoms with Crippen LogP contribution in [-0.4, -0.2) is 25.1 Å². The van der Waals surface area contributed by atoms with Gasteiger partial charge in [0.05, 0.1) is 5.52 Å². The van der Waals surface area contributed by atoms with Crippen molar-refractivity contribution in [3.63, 3.8) is 0 Å². The summed E-state index contributed by atoms with van der Waals surface area (Å²) in [4.78, 5) is 13.5. The second kappa shape index (κ2) is 8.72. The summed E-state index contributed by atoms with van der Waals surface area (Å²) < 4.78 is 24.7. The van der Waals surface area contributed by atoms with E-state index in [1.807, 2.05) is 36.4 Å². The maximum atomic E-state index is 13.1. The zero-order valence-corrected chi connectivity index (χ0v) is 17.7. The summed E-state index contributed by atoms with van der Waals surface area (Å²) in [5.41, 5.74) is 1.62. The number of nitrogens with zero attached hydrogens (tertiary/aromatic N) is 5. The molecule has 32 heavy (non-hydrogen) atoms. The quantitative estimate of drug-likeness (QED) is 0.317. The normalized spacial score (nSPS) is 12.1. The molecule has 2 aromatic carbocycles. The van der Waals surface area contributed by atoms with Crippen LogP contribution in [0.2, 0.25) is 0 Å². The number of hydrogen-bond acceptors (Lipinski definition) is 8. The molecule has 0 unspecified atom stereocenters. The van der Waals surface area contributed by atoms with Gasteiger partial charge in [0, 0.05) is 23.3 Å². The molecule has 0 amide bonds. The van der Waals surface area contributed by atoms with Crippen LogP contribution in [0.4, 0.5) is 4.39 Å². The van der Waals surface area contributed by atoms with Crippen molar-refractivity contribution in [1.82, 2.24) is 25.1 Å². The number of rotatable bonds is 6. The fraction of sp³-hybridized carbons (Fsp3) is 0.0870. The van der Waals surface area contributed by atoms with E-state index in [-0.39, 0.29) is 5.82 Å². The Morgan fingerprint density at radius 3 is 2.62 bits per heavy atom. The predicted octanol–water partition coefficient (Wildman–Crippen LogP) is 5.51. The molecule has 7 nitrogen and oxygen atoms in total. The molecule has 0 saturated heterocycles. The Labute approximate surface area is 186 Å². The van der Waals surface area contributed by atoms with E-state index >= 15 is 0 Å². The Balaban J connectivity index is 1.42. The lowest BCUT2D eigenvalue weighted by Crippen LogP contribution is -2.03. The van der Waals surface area contributed by atoms with Crippen molar-refractivity contribution in [3.8, 4) is 17.1 Å². The van der Waals surface area contributed by atoms with E-state index in [4.69, 9.17) is 14.1 Å². The van der Waals surface area contributed by atoms with E-state index in [0.29, 0.717) is 27.7 Å². The summed E-state index contributed by atoms with van der Waals surface area (Å²) >= 11 is 1.26. The molecule has 3 aromatic heterocycles. The number of pyridine rings is 1. The Bertz CT molecular complexity index is 1360. The Hall–Kier alpha value is -3.85. The number of ether oxygens (including phenoxy) is 1.